The first-order valence-corrected chi connectivity index (χ1v) is 18.7. The predicted molar refractivity (Wildman–Crippen MR) is 215 cm³/mol. The molecule has 0 spiro atoms. The topological polar surface area (TPSA) is 29.0 Å². The van der Waals surface area contributed by atoms with Gasteiger partial charge in [-0.3, -0.25) is 0 Å². The molecule has 0 amide bonds. The van der Waals surface area contributed by atoms with Gasteiger partial charge in [-0.25, -0.2) is 9.97 Å². The van der Waals surface area contributed by atoms with Crippen LogP contribution in [-0.4, -0.2) is 9.97 Å². The minimum atomic E-state index is -0.0705. The third-order valence-corrected chi connectivity index (χ3v) is 11.6. The molecule has 3 nitrogen and oxygen atoms in total. The summed E-state index contributed by atoms with van der Waals surface area (Å²) in [5.74, 6) is 0.749. The number of para-hydroxylation sites is 2. The molecule has 1 saturated carbocycles. The molecule has 0 unspecified atom stereocenters. The summed E-state index contributed by atoms with van der Waals surface area (Å²) in [5, 5.41) is 0. The molecule has 3 heteroatoms. The zero-order valence-electron chi connectivity index (χ0n) is 30.0. The monoisotopic (exact) mass is 673 g/mol. The Hall–Kier alpha value is -5.80. The second-order valence-electron chi connectivity index (χ2n) is 15.0. The summed E-state index contributed by atoms with van der Waals surface area (Å²) in [4.78, 5) is 12.6. The van der Waals surface area contributed by atoms with Crippen molar-refractivity contribution in [2.24, 2.45) is 0 Å². The van der Waals surface area contributed by atoms with E-state index in [1.54, 1.807) is 0 Å². The number of anilines is 3. The van der Waals surface area contributed by atoms with Crippen molar-refractivity contribution in [2.75, 3.05) is 4.90 Å². The van der Waals surface area contributed by atoms with Gasteiger partial charge in [0.2, 0.25) is 0 Å². The Balaban J connectivity index is 1.09. The highest BCUT2D eigenvalue weighted by Gasteiger charge is 2.38. The molecule has 2 heterocycles. The van der Waals surface area contributed by atoms with Gasteiger partial charge in [-0.1, -0.05) is 167 Å². The van der Waals surface area contributed by atoms with E-state index < -0.39 is 0 Å². The van der Waals surface area contributed by atoms with Gasteiger partial charge < -0.3 is 4.90 Å². The van der Waals surface area contributed by atoms with Gasteiger partial charge in [0.1, 0.15) is 0 Å². The number of hydrogen-bond donors (Lipinski definition) is 0. The van der Waals surface area contributed by atoms with Crippen molar-refractivity contribution in [2.45, 2.75) is 56.8 Å². The molecule has 0 radical (unpaired) electrons. The Morgan fingerprint density at radius 1 is 0.462 bits per heavy atom. The number of fused-ring (bicyclic) bond motifs is 2. The van der Waals surface area contributed by atoms with Crippen molar-refractivity contribution in [3.05, 3.63) is 186 Å². The van der Waals surface area contributed by atoms with Gasteiger partial charge >= 0.3 is 0 Å². The second-order valence-corrected chi connectivity index (χ2v) is 15.0. The number of hydrogen-bond acceptors (Lipinski definition) is 3. The van der Waals surface area contributed by atoms with Crippen molar-refractivity contribution < 1.29 is 0 Å². The first kappa shape index (κ1) is 32.1. The maximum atomic E-state index is 5.10. The molecule has 7 aromatic rings. The van der Waals surface area contributed by atoms with Crippen LogP contribution in [0.2, 0.25) is 0 Å². The van der Waals surface area contributed by atoms with Crippen molar-refractivity contribution >= 4 is 17.1 Å². The molecule has 1 aromatic heterocycles. The van der Waals surface area contributed by atoms with Gasteiger partial charge in [0, 0.05) is 33.2 Å². The highest BCUT2D eigenvalue weighted by molar-refractivity contribution is 5.86. The van der Waals surface area contributed by atoms with E-state index in [4.69, 9.17) is 9.97 Å². The number of rotatable bonds is 6. The van der Waals surface area contributed by atoms with E-state index >= 15 is 0 Å². The van der Waals surface area contributed by atoms with Crippen molar-refractivity contribution in [1.29, 1.82) is 0 Å². The van der Waals surface area contributed by atoms with Gasteiger partial charge in [0.15, 0.2) is 5.82 Å². The quantitative estimate of drug-likeness (QED) is 0.176. The van der Waals surface area contributed by atoms with Crippen LogP contribution < -0.4 is 4.90 Å². The van der Waals surface area contributed by atoms with Crippen molar-refractivity contribution in [3.63, 3.8) is 0 Å². The fourth-order valence-electron chi connectivity index (χ4n) is 8.80. The van der Waals surface area contributed by atoms with Crippen LogP contribution in [-0.2, 0) is 10.8 Å². The highest BCUT2D eigenvalue weighted by Crippen LogP contribution is 2.52. The van der Waals surface area contributed by atoms with Crippen LogP contribution in [0.1, 0.15) is 68.2 Å². The minimum absolute atomic E-state index is 0.0308. The molecule has 254 valence electrons. The number of benzene rings is 6. The average molecular weight is 674 g/mol. The molecule has 1 aliphatic heterocycles. The zero-order valence-corrected chi connectivity index (χ0v) is 30.0. The first-order chi connectivity index (χ1) is 25.5. The summed E-state index contributed by atoms with van der Waals surface area (Å²) in [6.45, 7) is 4.69. The maximum Gasteiger partial charge on any atom is 0.160 e. The van der Waals surface area contributed by atoms with E-state index in [2.05, 4.69) is 170 Å². The molecule has 1 fully saturated rings. The van der Waals surface area contributed by atoms with Gasteiger partial charge in [0.25, 0.3) is 0 Å². The summed E-state index contributed by atoms with van der Waals surface area (Å²) in [7, 11) is 0. The Kier molecular flexibility index (Phi) is 8.08. The zero-order chi connectivity index (χ0) is 35.1. The average Bonchev–Trinajstić information content (AvgIpc) is 3.22. The second kappa shape index (κ2) is 13.1. The van der Waals surface area contributed by atoms with Crippen LogP contribution in [0, 0.1) is 0 Å². The Morgan fingerprint density at radius 3 is 1.44 bits per heavy atom. The van der Waals surface area contributed by atoms with Crippen molar-refractivity contribution in [1.82, 2.24) is 9.97 Å². The maximum absolute atomic E-state index is 5.10. The van der Waals surface area contributed by atoms with Gasteiger partial charge in [-0.05, 0) is 65.4 Å². The van der Waals surface area contributed by atoms with Crippen LogP contribution in [0.4, 0.5) is 17.1 Å². The van der Waals surface area contributed by atoms with E-state index in [1.807, 2.05) is 12.1 Å². The molecular formula is C49H43N3. The number of nitrogens with zero attached hydrogens (tertiary/aromatic N) is 3. The summed E-state index contributed by atoms with van der Waals surface area (Å²) >= 11 is 0. The van der Waals surface area contributed by atoms with Gasteiger partial charge in [-0.2, -0.15) is 0 Å². The minimum Gasteiger partial charge on any atom is -0.310 e. The van der Waals surface area contributed by atoms with E-state index in [0.29, 0.717) is 0 Å². The van der Waals surface area contributed by atoms with Crippen LogP contribution >= 0.6 is 0 Å². The summed E-state index contributed by atoms with van der Waals surface area (Å²) in [6.07, 6.45) is 6.04. The number of aromatic nitrogens is 2. The molecule has 1 aliphatic carbocycles. The fraction of sp³-hybridized carbons (Fsp3) is 0.184. The van der Waals surface area contributed by atoms with Crippen LogP contribution in [0.3, 0.4) is 0 Å². The molecule has 0 saturated heterocycles. The lowest BCUT2D eigenvalue weighted by molar-refractivity contribution is 0.346. The lowest BCUT2D eigenvalue weighted by Crippen LogP contribution is -2.31. The SMILES string of the molecule is CC1(C)c2ccccc2N(c2ccc(C3(c4ccc(-c5nc(-c6ccccc6)cc(-c6ccccc6)n5)cc4)CCCCC3)cc2)c2ccccc21. The van der Waals surface area contributed by atoms with Crippen LogP contribution in [0.15, 0.2) is 164 Å². The molecule has 52 heavy (non-hydrogen) atoms. The lowest BCUT2D eigenvalue weighted by Gasteiger charge is -2.42. The molecule has 0 bridgehead atoms. The molecule has 0 N–H and O–H groups in total. The highest BCUT2D eigenvalue weighted by atomic mass is 15.2. The Bertz CT molecular complexity index is 2230. The van der Waals surface area contributed by atoms with E-state index in [1.165, 1.54) is 58.6 Å². The summed E-state index contributed by atoms with van der Waals surface area (Å²) < 4.78 is 0. The molecular weight excluding hydrogens is 631 g/mol. The lowest BCUT2D eigenvalue weighted by atomic mass is 9.65. The van der Waals surface area contributed by atoms with E-state index in [-0.39, 0.29) is 10.8 Å². The molecule has 2 aliphatic rings. The van der Waals surface area contributed by atoms with E-state index in [0.717, 1.165) is 46.7 Å². The predicted octanol–water partition coefficient (Wildman–Crippen LogP) is 12.8. The Morgan fingerprint density at radius 2 is 0.923 bits per heavy atom. The Labute approximate surface area is 307 Å². The molecule has 9 rings (SSSR count). The molecule has 6 aromatic carbocycles. The van der Waals surface area contributed by atoms with Crippen molar-refractivity contribution in [3.8, 4) is 33.9 Å². The first-order valence-electron chi connectivity index (χ1n) is 18.7. The molecule has 0 atom stereocenters. The fourth-order valence-corrected chi connectivity index (χ4v) is 8.80. The largest absolute Gasteiger partial charge is 0.310 e. The van der Waals surface area contributed by atoms with Gasteiger partial charge in [0.05, 0.1) is 22.8 Å². The van der Waals surface area contributed by atoms with Crippen LogP contribution in [0.25, 0.3) is 33.9 Å². The standard InChI is InChI=1S/C49H43N3/c1-48(2)41-20-10-12-22-45(41)52(46-23-13-11-21-42(46)48)40-30-28-39(29-31-40)49(32-14-5-15-33-49)38-26-24-37(25-27-38)47-50-43(35-16-6-3-7-17-35)34-44(51-47)36-18-8-4-9-19-36/h3-4,6-13,16-31,34H,5,14-15,32-33H2,1-2H3. The normalized spacial score (nSPS) is 15.8. The smallest absolute Gasteiger partial charge is 0.160 e. The summed E-state index contributed by atoms with van der Waals surface area (Å²) in [6, 6.07) is 59.4. The van der Waals surface area contributed by atoms with E-state index in [9.17, 15) is 0 Å². The third-order valence-electron chi connectivity index (χ3n) is 11.6. The van der Waals surface area contributed by atoms with Crippen LogP contribution in [0.5, 0.6) is 0 Å². The third kappa shape index (κ3) is 5.52. The van der Waals surface area contributed by atoms with Gasteiger partial charge in [-0.15, -0.1) is 0 Å². The summed E-state index contributed by atoms with van der Waals surface area (Å²) in [5.41, 5.74) is 14.2.